The van der Waals surface area contributed by atoms with Crippen LogP contribution in [0.15, 0.2) is 121 Å². The maximum atomic E-state index is 15.0. The predicted octanol–water partition coefficient (Wildman–Crippen LogP) is 12.5. The third kappa shape index (κ3) is 5.23. The summed E-state index contributed by atoms with van der Waals surface area (Å²) in [7, 11) is 0. The van der Waals surface area contributed by atoms with Crippen molar-refractivity contribution in [1.29, 1.82) is 5.26 Å². The Hall–Kier alpha value is -6.22. The number of aromatic nitrogens is 2. The molecule has 0 unspecified atom stereocenters. The van der Waals surface area contributed by atoms with Crippen molar-refractivity contribution >= 4 is 43.6 Å². The number of halogens is 9. The van der Waals surface area contributed by atoms with Crippen molar-refractivity contribution in [2.75, 3.05) is 0 Å². The van der Waals surface area contributed by atoms with Gasteiger partial charge < -0.3 is 9.13 Å². The van der Waals surface area contributed by atoms with Crippen LogP contribution in [-0.2, 0) is 18.5 Å². The number of benzene rings is 6. The van der Waals surface area contributed by atoms with E-state index in [1.54, 1.807) is 48.5 Å². The molecule has 6 aromatic carbocycles. The fourth-order valence-electron chi connectivity index (χ4n) is 6.98. The quantitative estimate of drug-likeness (QED) is 0.168. The van der Waals surface area contributed by atoms with Gasteiger partial charge in [-0.15, -0.1) is 0 Å². The Labute approximate surface area is 288 Å². The van der Waals surface area contributed by atoms with E-state index >= 15 is 13.2 Å². The molecule has 0 N–H and O–H groups in total. The lowest BCUT2D eigenvalue weighted by Gasteiger charge is -2.23. The molecular weight excluding hydrogens is 693 g/mol. The highest BCUT2D eigenvalue weighted by Gasteiger charge is 2.36. The van der Waals surface area contributed by atoms with Gasteiger partial charge in [0.1, 0.15) is 0 Å². The number of hydrogen-bond donors (Lipinski definition) is 0. The molecule has 0 amide bonds. The zero-order valence-corrected chi connectivity index (χ0v) is 26.3. The van der Waals surface area contributed by atoms with Gasteiger partial charge in [-0.3, -0.25) is 0 Å². The zero-order chi connectivity index (χ0) is 36.7. The van der Waals surface area contributed by atoms with Gasteiger partial charge >= 0.3 is 18.5 Å². The summed E-state index contributed by atoms with van der Waals surface area (Å²) in [4.78, 5) is 0. The smallest absolute Gasteiger partial charge is 0.309 e. The molecule has 258 valence electrons. The SMILES string of the molecule is N#Cc1cccc(-c2c(-n3c4ccccc4c4ccc(C(F)(F)F)cc43)cc(C(F)(F)F)cc2-n2c3ccccc3c3ccc(C(F)(F)F)cc32)c1. The van der Waals surface area contributed by atoms with E-state index in [0.29, 0.717) is 21.5 Å². The highest BCUT2D eigenvalue weighted by atomic mass is 19.4. The Morgan fingerprint density at radius 3 is 1.31 bits per heavy atom. The van der Waals surface area contributed by atoms with Crippen molar-refractivity contribution in [1.82, 2.24) is 9.13 Å². The fraction of sp³-hybridized carbons (Fsp3) is 0.0750. The standard InChI is InChI=1S/C40H20F9N3/c41-38(42,43)24-12-14-29-27-8-1-3-10-31(27)51(33(29)17-24)35-19-26(40(47,48)49)20-36(37(35)23-7-5-6-22(16-23)21-50)52-32-11-4-2-9-28(32)30-15-13-25(18-34(30)52)39(44,45)46/h1-20H. The third-order valence-electron chi connectivity index (χ3n) is 9.19. The van der Waals surface area contributed by atoms with Gasteiger partial charge in [0.25, 0.3) is 0 Å². The number of alkyl halides is 9. The molecule has 0 bridgehead atoms. The molecule has 8 aromatic rings. The molecule has 3 nitrogen and oxygen atoms in total. The van der Waals surface area contributed by atoms with Crippen molar-refractivity contribution < 1.29 is 39.5 Å². The molecule has 0 aliphatic rings. The molecule has 0 fully saturated rings. The molecule has 52 heavy (non-hydrogen) atoms. The number of hydrogen-bond acceptors (Lipinski definition) is 1. The molecule has 2 aromatic heterocycles. The number of nitrogens with zero attached hydrogens (tertiary/aromatic N) is 3. The summed E-state index contributed by atoms with van der Waals surface area (Å²) in [5, 5.41) is 11.4. The van der Waals surface area contributed by atoms with Crippen LogP contribution in [0.2, 0.25) is 0 Å². The summed E-state index contributed by atoms with van der Waals surface area (Å²) in [5.41, 5.74) is -2.88. The van der Waals surface area contributed by atoms with Crippen molar-refractivity contribution in [2.45, 2.75) is 18.5 Å². The third-order valence-corrected chi connectivity index (χ3v) is 9.19. The van der Waals surface area contributed by atoms with E-state index in [0.717, 1.165) is 36.4 Å². The van der Waals surface area contributed by atoms with Crippen LogP contribution in [-0.4, -0.2) is 9.13 Å². The van der Waals surface area contributed by atoms with Crippen LogP contribution in [0.4, 0.5) is 39.5 Å². The molecule has 0 aliphatic carbocycles. The van der Waals surface area contributed by atoms with Gasteiger partial charge in [0.2, 0.25) is 0 Å². The number of para-hydroxylation sites is 2. The Balaban J connectivity index is 1.63. The van der Waals surface area contributed by atoms with E-state index < -0.39 is 35.2 Å². The minimum atomic E-state index is -5.01. The zero-order valence-electron chi connectivity index (χ0n) is 26.3. The first-order chi connectivity index (χ1) is 24.6. The largest absolute Gasteiger partial charge is 0.416 e. The van der Waals surface area contributed by atoms with Gasteiger partial charge in [-0.05, 0) is 66.2 Å². The molecule has 12 heteroatoms. The van der Waals surface area contributed by atoms with Gasteiger partial charge in [-0.25, -0.2) is 0 Å². The van der Waals surface area contributed by atoms with Crippen LogP contribution < -0.4 is 0 Å². The first-order valence-electron chi connectivity index (χ1n) is 15.6. The van der Waals surface area contributed by atoms with Gasteiger partial charge in [0.05, 0.1) is 61.8 Å². The average molecular weight is 714 g/mol. The van der Waals surface area contributed by atoms with Crippen molar-refractivity contribution in [3.63, 3.8) is 0 Å². The fourth-order valence-corrected chi connectivity index (χ4v) is 6.98. The lowest BCUT2D eigenvalue weighted by Crippen LogP contribution is -2.12. The molecule has 2 heterocycles. The summed E-state index contributed by atoms with van der Waals surface area (Å²) in [5.74, 6) is 0. The Kier molecular flexibility index (Phi) is 7.22. The van der Waals surface area contributed by atoms with E-state index in [-0.39, 0.29) is 50.1 Å². The Morgan fingerprint density at radius 2 is 0.865 bits per heavy atom. The molecular formula is C40H20F9N3. The maximum Gasteiger partial charge on any atom is 0.416 e. The molecule has 0 spiro atoms. The van der Waals surface area contributed by atoms with Gasteiger partial charge in [0, 0.05) is 27.1 Å². The Bertz CT molecular complexity index is 2620. The van der Waals surface area contributed by atoms with E-state index in [1.807, 2.05) is 6.07 Å². The second kappa shape index (κ2) is 11.4. The van der Waals surface area contributed by atoms with Crippen LogP contribution in [0.25, 0.3) is 66.1 Å². The summed E-state index contributed by atoms with van der Waals surface area (Å²) in [6, 6.07) is 28.5. The molecule has 0 atom stereocenters. The van der Waals surface area contributed by atoms with Crippen LogP contribution >= 0.6 is 0 Å². The summed E-state index contributed by atoms with van der Waals surface area (Å²) in [6.07, 6.45) is -14.6. The first kappa shape index (κ1) is 33.0. The van der Waals surface area contributed by atoms with Gasteiger partial charge in [0.15, 0.2) is 0 Å². The Morgan fingerprint density at radius 1 is 0.423 bits per heavy atom. The van der Waals surface area contributed by atoms with E-state index in [2.05, 4.69) is 0 Å². The summed E-state index contributed by atoms with van der Waals surface area (Å²) in [6.45, 7) is 0. The second-order valence-corrected chi connectivity index (χ2v) is 12.2. The molecule has 0 saturated carbocycles. The van der Waals surface area contributed by atoms with Crippen molar-refractivity contribution in [2.24, 2.45) is 0 Å². The van der Waals surface area contributed by atoms with E-state index in [1.165, 1.54) is 45.5 Å². The lowest BCUT2D eigenvalue weighted by atomic mass is 9.96. The van der Waals surface area contributed by atoms with Crippen LogP contribution in [0.5, 0.6) is 0 Å². The van der Waals surface area contributed by atoms with Crippen molar-refractivity contribution in [3.05, 3.63) is 144 Å². The van der Waals surface area contributed by atoms with Crippen LogP contribution in [0, 0.1) is 11.3 Å². The van der Waals surface area contributed by atoms with E-state index in [4.69, 9.17) is 0 Å². The van der Waals surface area contributed by atoms with Crippen LogP contribution in [0.1, 0.15) is 22.3 Å². The first-order valence-corrected chi connectivity index (χ1v) is 15.6. The monoisotopic (exact) mass is 713 g/mol. The number of nitriles is 1. The summed E-state index contributed by atoms with van der Waals surface area (Å²) < 4.78 is 133. The molecule has 0 saturated heterocycles. The highest BCUT2D eigenvalue weighted by Crippen LogP contribution is 2.46. The van der Waals surface area contributed by atoms with Gasteiger partial charge in [-0.1, -0.05) is 60.7 Å². The minimum absolute atomic E-state index is 0.0326. The van der Waals surface area contributed by atoms with Gasteiger partial charge in [-0.2, -0.15) is 44.8 Å². The van der Waals surface area contributed by atoms with E-state index in [9.17, 15) is 31.6 Å². The molecule has 8 rings (SSSR count). The maximum absolute atomic E-state index is 15.0. The predicted molar refractivity (Wildman–Crippen MR) is 180 cm³/mol. The number of fused-ring (bicyclic) bond motifs is 6. The number of rotatable bonds is 3. The normalized spacial score (nSPS) is 12.7. The second-order valence-electron chi connectivity index (χ2n) is 12.2. The molecule has 0 radical (unpaired) electrons. The summed E-state index contributed by atoms with van der Waals surface area (Å²) >= 11 is 0. The highest BCUT2D eigenvalue weighted by molar-refractivity contribution is 6.12. The van der Waals surface area contributed by atoms with Crippen molar-refractivity contribution in [3.8, 4) is 28.6 Å². The average Bonchev–Trinajstić information content (AvgIpc) is 3.62. The van der Waals surface area contributed by atoms with Crippen LogP contribution in [0.3, 0.4) is 0 Å². The molecule has 0 aliphatic heterocycles. The topological polar surface area (TPSA) is 33.6 Å². The lowest BCUT2D eigenvalue weighted by molar-refractivity contribution is -0.138. The minimum Gasteiger partial charge on any atom is -0.309 e.